The van der Waals surface area contributed by atoms with Crippen molar-refractivity contribution in [2.75, 3.05) is 0 Å². The van der Waals surface area contributed by atoms with Gasteiger partial charge in [0.05, 0.1) is 0 Å². The molecule has 0 radical (unpaired) electrons. The maximum atomic E-state index is 15.3. The summed E-state index contributed by atoms with van der Waals surface area (Å²) in [5.74, 6) is 6.31. The van der Waals surface area contributed by atoms with Crippen LogP contribution in [0.5, 0.6) is 0 Å². The number of halogens is 1. The number of fused-ring (bicyclic) bond motifs is 1. The molecule has 0 heterocycles. The average Bonchev–Trinajstić information content (AvgIpc) is 2.85. The Labute approximate surface area is 197 Å². The predicted octanol–water partition coefficient (Wildman–Crippen LogP) is 8.73. The highest BCUT2D eigenvalue weighted by Crippen LogP contribution is 2.30. The minimum atomic E-state index is -0.172. The number of rotatable bonds is 7. The zero-order valence-corrected chi connectivity index (χ0v) is 19.6. The molecule has 0 unspecified atom stereocenters. The molecule has 0 nitrogen and oxygen atoms in total. The Kier molecular flexibility index (Phi) is 7.59. The van der Waals surface area contributed by atoms with Gasteiger partial charge in [-0.3, -0.25) is 0 Å². The van der Waals surface area contributed by atoms with Gasteiger partial charge in [-0.05, 0) is 65.6 Å². The summed E-state index contributed by atoms with van der Waals surface area (Å²) in [6.07, 6.45) is 7.04. The van der Waals surface area contributed by atoms with Crippen molar-refractivity contribution in [2.45, 2.75) is 52.4 Å². The predicted molar refractivity (Wildman–Crippen MR) is 139 cm³/mol. The molecule has 4 aromatic carbocycles. The van der Waals surface area contributed by atoms with Gasteiger partial charge in [-0.1, -0.05) is 99.5 Å². The van der Waals surface area contributed by atoms with E-state index in [4.69, 9.17) is 0 Å². The molecule has 33 heavy (non-hydrogen) atoms. The molecule has 0 atom stereocenters. The first-order valence-electron chi connectivity index (χ1n) is 12.1. The Morgan fingerprint density at radius 1 is 0.636 bits per heavy atom. The van der Waals surface area contributed by atoms with Crippen LogP contribution < -0.4 is 0 Å². The topological polar surface area (TPSA) is 0 Å². The van der Waals surface area contributed by atoms with Gasteiger partial charge in [-0.15, -0.1) is 0 Å². The van der Waals surface area contributed by atoms with Crippen molar-refractivity contribution in [3.8, 4) is 23.0 Å². The van der Waals surface area contributed by atoms with Crippen LogP contribution in [0.25, 0.3) is 21.9 Å². The summed E-state index contributed by atoms with van der Waals surface area (Å²) < 4.78 is 15.3. The normalized spacial score (nSPS) is 10.8. The molecule has 0 fully saturated rings. The van der Waals surface area contributed by atoms with E-state index in [0.29, 0.717) is 10.9 Å². The van der Waals surface area contributed by atoms with E-state index < -0.39 is 0 Å². The molecule has 0 N–H and O–H groups in total. The van der Waals surface area contributed by atoms with Gasteiger partial charge in [0.1, 0.15) is 5.82 Å². The third-order valence-corrected chi connectivity index (χ3v) is 6.13. The van der Waals surface area contributed by atoms with Crippen molar-refractivity contribution < 1.29 is 4.39 Å². The highest BCUT2D eigenvalue weighted by atomic mass is 19.1. The smallest absolute Gasteiger partial charge is 0.138 e. The summed E-state index contributed by atoms with van der Waals surface area (Å²) in [7, 11) is 0. The Balaban J connectivity index is 1.53. The SMILES string of the molecule is CCCCCc1ccc(C#Cc2ccc3c(F)c(-c4ccc(CCC)cc4)ccc3c2)cc1. The van der Waals surface area contributed by atoms with E-state index in [2.05, 4.69) is 62.1 Å². The summed E-state index contributed by atoms with van der Waals surface area (Å²) in [5, 5.41) is 1.50. The standard InChI is InChI=1S/C32H31F/c1-3-5-6-8-25-9-11-26(12-10-25)13-14-27-17-21-31-29(23-27)20-22-30(32(31)33)28-18-15-24(7-4-2)16-19-28/h9-12,15-23H,3-8H2,1-2H3. The molecule has 0 spiro atoms. The highest BCUT2D eigenvalue weighted by molar-refractivity contribution is 5.89. The van der Waals surface area contributed by atoms with E-state index in [1.54, 1.807) is 0 Å². The zero-order valence-electron chi connectivity index (χ0n) is 19.6. The van der Waals surface area contributed by atoms with Gasteiger partial charge in [0, 0.05) is 22.1 Å². The molecule has 0 saturated heterocycles. The van der Waals surface area contributed by atoms with Crippen LogP contribution in [-0.4, -0.2) is 0 Å². The molecule has 0 aromatic heterocycles. The average molecular weight is 435 g/mol. The van der Waals surface area contributed by atoms with Crippen LogP contribution in [0.1, 0.15) is 61.8 Å². The number of unbranched alkanes of at least 4 members (excludes halogenated alkanes) is 2. The van der Waals surface area contributed by atoms with Crippen molar-refractivity contribution in [1.29, 1.82) is 0 Å². The van der Waals surface area contributed by atoms with Crippen LogP contribution >= 0.6 is 0 Å². The van der Waals surface area contributed by atoms with Gasteiger partial charge < -0.3 is 0 Å². The van der Waals surface area contributed by atoms with E-state index in [1.165, 1.54) is 30.4 Å². The maximum Gasteiger partial charge on any atom is 0.138 e. The molecule has 1 heteroatoms. The number of hydrogen-bond donors (Lipinski definition) is 0. The Morgan fingerprint density at radius 3 is 2.03 bits per heavy atom. The van der Waals surface area contributed by atoms with Crippen LogP contribution in [0.3, 0.4) is 0 Å². The van der Waals surface area contributed by atoms with Crippen molar-refractivity contribution in [1.82, 2.24) is 0 Å². The van der Waals surface area contributed by atoms with Gasteiger partial charge in [0.2, 0.25) is 0 Å². The van der Waals surface area contributed by atoms with Gasteiger partial charge in [0.25, 0.3) is 0 Å². The first-order valence-corrected chi connectivity index (χ1v) is 12.1. The van der Waals surface area contributed by atoms with Gasteiger partial charge >= 0.3 is 0 Å². The molecule has 0 amide bonds. The molecule has 4 aromatic rings. The number of aryl methyl sites for hydroxylation is 2. The third kappa shape index (κ3) is 5.71. The van der Waals surface area contributed by atoms with E-state index in [0.717, 1.165) is 41.3 Å². The second-order valence-electron chi connectivity index (χ2n) is 8.71. The fourth-order valence-corrected chi connectivity index (χ4v) is 4.21. The molecule has 0 saturated carbocycles. The van der Waals surface area contributed by atoms with Crippen molar-refractivity contribution in [3.05, 3.63) is 107 Å². The fraction of sp³-hybridized carbons (Fsp3) is 0.250. The van der Waals surface area contributed by atoms with Crippen LogP contribution in [0.15, 0.2) is 78.9 Å². The first-order chi connectivity index (χ1) is 16.2. The highest BCUT2D eigenvalue weighted by Gasteiger charge is 2.10. The van der Waals surface area contributed by atoms with E-state index >= 15 is 4.39 Å². The maximum absolute atomic E-state index is 15.3. The van der Waals surface area contributed by atoms with E-state index in [1.807, 2.05) is 42.5 Å². The molecule has 166 valence electrons. The zero-order chi connectivity index (χ0) is 23.0. The van der Waals surface area contributed by atoms with Crippen LogP contribution in [0.2, 0.25) is 0 Å². The van der Waals surface area contributed by atoms with Crippen LogP contribution in [-0.2, 0) is 12.8 Å². The summed E-state index contributed by atoms with van der Waals surface area (Å²) in [4.78, 5) is 0. The third-order valence-electron chi connectivity index (χ3n) is 6.13. The Bertz CT molecular complexity index is 1270. The lowest BCUT2D eigenvalue weighted by Gasteiger charge is -2.08. The molecule has 0 aliphatic carbocycles. The quantitative estimate of drug-likeness (QED) is 0.201. The Hall–Kier alpha value is -3.37. The summed E-state index contributed by atoms with van der Waals surface area (Å²) in [5.41, 5.74) is 6.11. The minimum absolute atomic E-state index is 0.172. The Morgan fingerprint density at radius 2 is 1.30 bits per heavy atom. The van der Waals surface area contributed by atoms with Gasteiger partial charge in [0.15, 0.2) is 0 Å². The van der Waals surface area contributed by atoms with E-state index in [9.17, 15) is 0 Å². The van der Waals surface area contributed by atoms with Crippen molar-refractivity contribution in [3.63, 3.8) is 0 Å². The second-order valence-corrected chi connectivity index (χ2v) is 8.71. The van der Waals surface area contributed by atoms with Crippen molar-refractivity contribution in [2.24, 2.45) is 0 Å². The lowest BCUT2D eigenvalue weighted by atomic mass is 9.97. The van der Waals surface area contributed by atoms with Crippen LogP contribution in [0.4, 0.5) is 4.39 Å². The monoisotopic (exact) mass is 434 g/mol. The number of hydrogen-bond acceptors (Lipinski definition) is 0. The summed E-state index contributed by atoms with van der Waals surface area (Å²) in [6.45, 7) is 4.39. The lowest BCUT2D eigenvalue weighted by molar-refractivity contribution is 0.643. The molecule has 4 rings (SSSR count). The molecule has 0 aliphatic heterocycles. The molecule has 0 aliphatic rings. The van der Waals surface area contributed by atoms with Gasteiger partial charge in [-0.25, -0.2) is 4.39 Å². The molecule has 0 bridgehead atoms. The van der Waals surface area contributed by atoms with Gasteiger partial charge in [-0.2, -0.15) is 0 Å². The molecular formula is C32H31F. The number of benzene rings is 4. The lowest BCUT2D eigenvalue weighted by Crippen LogP contribution is -1.89. The molecular weight excluding hydrogens is 403 g/mol. The second kappa shape index (κ2) is 11.0. The van der Waals surface area contributed by atoms with E-state index in [-0.39, 0.29) is 5.82 Å². The minimum Gasteiger partial charge on any atom is -0.206 e. The first kappa shape index (κ1) is 22.8. The largest absolute Gasteiger partial charge is 0.206 e. The summed E-state index contributed by atoms with van der Waals surface area (Å²) >= 11 is 0. The fourth-order valence-electron chi connectivity index (χ4n) is 4.21. The van der Waals surface area contributed by atoms with Crippen molar-refractivity contribution >= 4 is 10.8 Å². The van der Waals surface area contributed by atoms with Crippen LogP contribution in [0, 0.1) is 17.7 Å². The summed E-state index contributed by atoms with van der Waals surface area (Å²) in [6, 6.07) is 26.3.